The van der Waals surface area contributed by atoms with Gasteiger partial charge in [0, 0.05) is 32.2 Å². The molecule has 0 unspecified atom stereocenters. The summed E-state index contributed by atoms with van der Waals surface area (Å²) in [6.45, 7) is 0.627. The molecule has 0 radical (unpaired) electrons. The second-order valence-corrected chi connectivity index (χ2v) is 8.54. The Morgan fingerprint density at radius 1 is 1.08 bits per heavy atom. The summed E-state index contributed by atoms with van der Waals surface area (Å²) in [5.41, 5.74) is 3.68. The van der Waals surface area contributed by atoms with E-state index in [1.165, 1.54) is 31.5 Å². The molecule has 3 aromatic carbocycles. The van der Waals surface area contributed by atoms with Gasteiger partial charge in [0.1, 0.15) is 17.3 Å². The summed E-state index contributed by atoms with van der Waals surface area (Å²) < 4.78 is 21.7. The molecule has 0 aliphatic heterocycles. The van der Waals surface area contributed by atoms with Crippen LogP contribution in [0.2, 0.25) is 0 Å². The fraction of sp³-hybridized carbons (Fsp3) is 0.143. The van der Waals surface area contributed by atoms with Gasteiger partial charge < -0.3 is 15.0 Å². The van der Waals surface area contributed by atoms with Crippen LogP contribution in [0.1, 0.15) is 16.1 Å². The highest BCUT2D eigenvalue weighted by atomic mass is 19.1. The third kappa shape index (κ3) is 4.71. The predicted molar refractivity (Wildman–Crippen MR) is 141 cm³/mol. The first-order valence-corrected chi connectivity index (χ1v) is 11.6. The van der Waals surface area contributed by atoms with Crippen molar-refractivity contribution in [3.05, 3.63) is 96.2 Å². The van der Waals surface area contributed by atoms with Gasteiger partial charge in [-0.15, -0.1) is 0 Å². The van der Waals surface area contributed by atoms with Crippen molar-refractivity contribution in [2.45, 2.75) is 6.54 Å². The van der Waals surface area contributed by atoms with Gasteiger partial charge in [-0.3, -0.25) is 9.48 Å². The molecule has 0 bridgehead atoms. The topological polar surface area (TPSA) is 85.2 Å². The average Bonchev–Trinajstić information content (AvgIpc) is 3.29. The molecule has 0 fully saturated rings. The third-order valence-electron chi connectivity index (χ3n) is 6.10. The van der Waals surface area contributed by atoms with E-state index in [1.54, 1.807) is 16.9 Å². The van der Waals surface area contributed by atoms with Crippen molar-refractivity contribution in [1.82, 2.24) is 19.7 Å². The average molecular weight is 497 g/mol. The lowest BCUT2D eigenvalue weighted by Gasteiger charge is -2.24. The van der Waals surface area contributed by atoms with E-state index in [2.05, 4.69) is 37.4 Å². The highest BCUT2D eigenvalue weighted by Crippen LogP contribution is 2.35. The van der Waals surface area contributed by atoms with E-state index >= 15 is 0 Å². The Kier molecular flexibility index (Phi) is 6.51. The van der Waals surface area contributed by atoms with Crippen molar-refractivity contribution in [1.29, 1.82) is 0 Å². The van der Waals surface area contributed by atoms with Gasteiger partial charge in [-0.2, -0.15) is 5.10 Å². The number of rotatable bonds is 7. The largest absolute Gasteiger partial charge is 0.496 e. The highest BCUT2D eigenvalue weighted by Gasteiger charge is 2.20. The van der Waals surface area contributed by atoms with E-state index in [9.17, 15) is 9.18 Å². The first-order valence-electron chi connectivity index (χ1n) is 11.6. The first-order chi connectivity index (χ1) is 18.0. The van der Waals surface area contributed by atoms with Crippen molar-refractivity contribution >= 4 is 28.2 Å². The van der Waals surface area contributed by atoms with Crippen LogP contribution in [0.25, 0.3) is 22.3 Å². The second-order valence-electron chi connectivity index (χ2n) is 8.54. The maximum atomic E-state index is 14.6. The minimum atomic E-state index is -0.538. The van der Waals surface area contributed by atoms with E-state index < -0.39 is 11.7 Å². The van der Waals surface area contributed by atoms with Crippen molar-refractivity contribution < 1.29 is 13.9 Å². The van der Waals surface area contributed by atoms with E-state index in [0.717, 1.165) is 22.2 Å². The van der Waals surface area contributed by atoms with Gasteiger partial charge in [0.15, 0.2) is 5.82 Å². The molecule has 2 heterocycles. The number of fused-ring (bicyclic) bond motifs is 1. The summed E-state index contributed by atoms with van der Waals surface area (Å²) in [7, 11) is 5.29. The zero-order chi connectivity index (χ0) is 25.9. The number of nitrogens with zero attached hydrogens (tertiary/aromatic N) is 5. The Balaban J connectivity index is 1.50. The van der Waals surface area contributed by atoms with Crippen LogP contribution in [0, 0.1) is 5.82 Å². The quantitative estimate of drug-likeness (QED) is 0.339. The number of aromatic nitrogens is 4. The lowest BCUT2D eigenvalue weighted by Crippen LogP contribution is -2.21. The zero-order valence-corrected chi connectivity index (χ0v) is 20.6. The van der Waals surface area contributed by atoms with Crippen LogP contribution < -0.4 is 15.0 Å². The number of anilines is 2. The molecule has 186 valence electrons. The lowest BCUT2D eigenvalue weighted by molar-refractivity contribution is 0.102. The molecule has 0 saturated carbocycles. The molecule has 5 aromatic rings. The van der Waals surface area contributed by atoms with Gasteiger partial charge in [-0.25, -0.2) is 14.4 Å². The fourth-order valence-electron chi connectivity index (χ4n) is 4.35. The standard InChI is InChI=1S/C28H25FN6O2/c1-34(17-18-8-5-4-6-9-18)26-19-16-31-35(2)23(19)13-12-21(26)33-28(36)22-14-15-30-27(32-22)25-20(29)10-7-11-24(25)37-3/h4-16H,17H2,1-3H3,(H,33,36). The minimum Gasteiger partial charge on any atom is -0.496 e. The molecule has 5 rings (SSSR count). The number of halogens is 1. The molecule has 0 saturated heterocycles. The SMILES string of the molecule is COc1cccc(F)c1-c1nccc(C(=O)Nc2ccc3c(cnn3C)c2N(C)Cc2ccccc2)n1. The normalized spacial score (nSPS) is 10.9. The molecule has 1 amide bonds. The summed E-state index contributed by atoms with van der Waals surface area (Å²) in [5.74, 6) is -0.642. The van der Waals surface area contributed by atoms with Crippen LogP contribution in [-0.4, -0.2) is 39.8 Å². The van der Waals surface area contributed by atoms with Gasteiger partial charge >= 0.3 is 0 Å². The molecule has 8 nitrogen and oxygen atoms in total. The number of ether oxygens (including phenoxy) is 1. The molecule has 37 heavy (non-hydrogen) atoms. The molecule has 0 spiro atoms. The molecule has 2 aromatic heterocycles. The van der Waals surface area contributed by atoms with Crippen LogP contribution in [0.3, 0.4) is 0 Å². The zero-order valence-electron chi connectivity index (χ0n) is 20.6. The van der Waals surface area contributed by atoms with Crippen molar-refractivity contribution in [3.8, 4) is 17.1 Å². The second kappa shape index (κ2) is 10.1. The van der Waals surface area contributed by atoms with E-state index in [-0.39, 0.29) is 22.8 Å². The van der Waals surface area contributed by atoms with Crippen LogP contribution in [0.15, 0.2) is 79.1 Å². The van der Waals surface area contributed by atoms with Crippen LogP contribution >= 0.6 is 0 Å². The summed E-state index contributed by atoms with van der Waals surface area (Å²) in [6.07, 6.45) is 3.21. The number of methoxy groups -OCH3 is 1. The predicted octanol–water partition coefficient (Wildman–Crippen LogP) is 5.07. The number of carbonyl (C=O) groups excluding carboxylic acids is 1. The van der Waals surface area contributed by atoms with E-state index in [0.29, 0.717) is 12.2 Å². The fourth-order valence-corrected chi connectivity index (χ4v) is 4.35. The van der Waals surface area contributed by atoms with E-state index in [1.807, 2.05) is 44.4 Å². The van der Waals surface area contributed by atoms with Gasteiger partial charge in [0.05, 0.1) is 35.8 Å². The van der Waals surface area contributed by atoms with Crippen molar-refractivity contribution in [2.24, 2.45) is 7.05 Å². The van der Waals surface area contributed by atoms with Crippen LogP contribution in [0.5, 0.6) is 5.75 Å². The molecule has 0 aliphatic carbocycles. The van der Waals surface area contributed by atoms with Gasteiger partial charge in [-0.05, 0) is 35.9 Å². The number of carbonyl (C=O) groups is 1. The highest BCUT2D eigenvalue weighted by molar-refractivity contribution is 6.09. The molecular weight excluding hydrogens is 471 g/mol. The molecule has 1 N–H and O–H groups in total. The van der Waals surface area contributed by atoms with Crippen LogP contribution in [-0.2, 0) is 13.6 Å². The van der Waals surface area contributed by atoms with E-state index in [4.69, 9.17) is 4.74 Å². The minimum absolute atomic E-state index is 0.0618. The molecule has 9 heteroatoms. The Labute approximate surface area is 213 Å². The molecular formula is C28H25FN6O2. The molecule has 0 atom stereocenters. The Morgan fingerprint density at radius 2 is 1.89 bits per heavy atom. The molecule has 0 aliphatic rings. The number of hydrogen-bond acceptors (Lipinski definition) is 6. The number of nitrogens with one attached hydrogen (secondary N) is 1. The smallest absolute Gasteiger partial charge is 0.274 e. The maximum Gasteiger partial charge on any atom is 0.274 e. The maximum absolute atomic E-state index is 14.6. The first kappa shape index (κ1) is 23.9. The summed E-state index contributed by atoms with van der Waals surface area (Å²) in [6, 6.07) is 19.8. The van der Waals surface area contributed by atoms with Gasteiger partial charge in [-0.1, -0.05) is 36.4 Å². The Bertz CT molecular complexity index is 1580. The van der Waals surface area contributed by atoms with Crippen LogP contribution in [0.4, 0.5) is 15.8 Å². The number of benzene rings is 3. The number of aryl methyl sites for hydroxylation is 1. The van der Waals surface area contributed by atoms with Gasteiger partial charge in [0.25, 0.3) is 5.91 Å². The lowest BCUT2D eigenvalue weighted by atomic mass is 10.1. The third-order valence-corrected chi connectivity index (χ3v) is 6.10. The monoisotopic (exact) mass is 496 g/mol. The van der Waals surface area contributed by atoms with Crippen molar-refractivity contribution in [2.75, 3.05) is 24.4 Å². The number of hydrogen-bond donors (Lipinski definition) is 1. The Morgan fingerprint density at radius 3 is 2.68 bits per heavy atom. The Hall–Kier alpha value is -4.79. The van der Waals surface area contributed by atoms with Crippen molar-refractivity contribution in [3.63, 3.8) is 0 Å². The van der Waals surface area contributed by atoms with Gasteiger partial charge in [0.2, 0.25) is 0 Å². The summed E-state index contributed by atoms with van der Waals surface area (Å²) in [4.78, 5) is 23.9. The summed E-state index contributed by atoms with van der Waals surface area (Å²) in [5, 5.41) is 8.29. The number of amides is 1. The summed E-state index contributed by atoms with van der Waals surface area (Å²) >= 11 is 0.